The summed E-state index contributed by atoms with van der Waals surface area (Å²) in [5.74, 6) is 1.12. The van der Waals surface area contributed by atoms with E-state index in [1.165, 1.54) is 5.56 Å². The molecule has 0 radical (unpaired) electrons. The molecule has 0 spiro atoms. The van der Waals surface area contributed by atoms with Gasteiger partial charge >= 0.3 is 0 Å². The van der Waals surface area contributed by atoms with Gasteiger partial charge in [-0.2, -0.15) is 0 Å². The van der Waals surface area contributed by atoms with Crippen LogP contribution in [0.3, 0.4) is 0 Å². The zero-order valence-corrected chi connectivity index (χ0v) is 14.9. The summed E-state index contributed by atoms with van der Waals surface area (Å²) >= 11 is 0. The average molecular weight is 346 g/mol. The molecule has 0 N–H and O–H groups in total. The van der Waals surface area contributed by atoms with Crippen molar-refractivity contribution in [1.29, 1.82) is 0 Å². The zero-order chi connectivity index (χ0) is 17.9. The molecule has 5 nitrogen and oxygen atoms in total. The van der Waals surface area contributed by atoms with E-state index in [1.807, 2.05) is 47.6 Å². The molecule has 0 saturated heterocycles. The van der Waals surface area contributed by atoms with Gasteiger partial charge in [0.05, 0.1) is 12.6 Å². The maximum absolute atomic E-state index is 13.0. The number of carbonyl (C=O) groups excluding carboxylic acids is 1. The van der Waals surface area contributed by atoms with Gasteiger partial charge in [0.15, 0.2) is 0 Å². The topological polar surface area (TPSA) is 51.0 Å². The van der Waals surface area contributed by atoms with Crippen molar-refractivity contribution in [2.45, 2.75) is 38.9 Å². The Kier molecular flexibility index (Phi) is 4.52. The molecule has 2 aromatic heterocycles. The fraction of sp³-hybridized carbons (Fsp3) is 0.286. The Morgan fingerprint density at radius 2 is 2.00 bits per heavy atom. The summed E-state index contributed by atoms with van der Waals surface area (Å²) in [4.78, 5) is 23.6. The molecule has 132 valence electrons. The van der Waals surface area contributed by atoms with E-state index in [4.69, 9.17) is 0 Å². The summed E-state index contributed by atoms with van der Waals surface area (Å²) in [6, 6.07) is 14.2. The quantitative estimate of drug-likeness (QED) is 0.728. The Morgan fingerprint density at radius 3 is 2.77 bits per heavy atom. The van der Waals surface area contributed by atoms with Gasteiger partial charge in [-0.05, 0) is 30.5 Å². The Hall–Kier alpha value is -2.95. The second-order valence-corrected chi connectivity index (χ2v) is 6.74. The molecule has 1 aliphatic rings. The minimum Gasteiger partial charge on any atom is -0.328 e. The molecule has 1 atom stereocenters. The van der Waals surface area contributed by atoms with Gasteiger partial charge in [0.1, 0.15) is 5.82 Å². The number of benzene rings is 1. The van der Waals surface area contributed by atoms with Crippen molar-refractivity contribution in [1.82, 2.24) is 19.4 Å². The van der Waals surface area contributed by atoms with Crippen LogP contribution >= 0.6 is 0 Å². The van der Waals surface area contributed by atoms with E-state index in [1.54, 1.807) is 6.20 Å². The molecule has 0 aliphatic carbocycles. The summed E-state index contributed by atoms with van der Waals surface area (Å²) in [5, 5.41) is 0. The first kappa shape index (κ1) is 16.5. The smallest absolute Gasteiger partial charge is 0.223 e. The van der Waals surface area contributed by atoms with Crippen molar-refractivity contribution < 1.29 is 4.79 Å². The highest BCUT2D eigenvalue weighted by Gasteiger charge is 2.31. The normalized spacial score (nSPS) is 16.3. The predicted octanol–water partition coefficient (Wildman–Crippen LogP) is 3.30. The van der Waals surface area contributed by atoms with E-state index in [9.17, 15) is 4.79 Å². The highest BCUT2D eigenvalue weighted by Crippen LogP contribution is 2.30. The largest absolute Gasteiger partial charge is 0.328 e. The van der Waals surface area contributed by atoms with Crippen LogP contribution in [0.4, 0.5) is 0 Å². The van der Waals surface area contributed by atoms with Gasteiger partial charge in [0.25, 0.3) is 0 Å². The van der Waals surface area contributed by atoms with Crippen molar-refractivity contribution in [3.63, 3.8) is 0 Å². The maximum Gasteiger partial charge on any atom is 0.223 e. The van der Waals surface area contributed by atoms with Crippen LogP contribution in [0.25, 0.3) is 0 Å². The highest BCUT2D eigenvalue weighted by molar-refractivity contribution is 5.77. The number of fused-ring (bicyclic) bond motifs is 1. The third-order valence-electron chi connectivity index (χ3n) is 5.04. The van der Waals surface area contributed by atoms with Crippen LogP contribution in [0, 0.1) is 6.92 Å². The fourth-order valence-electron chi connectivity index (χ4n) is 3.58. The third-order valence-corrected chi connectivity index (χ3v) is 5.04. The minimum atomic E-state index is 0.0398. The lowest BCUT2D eigenvalue weighted by Crippen LogP contribution is -2.41. The van der Waals surface area contributed by atoms with E-state index in [2.05, 4.69) is 33.6 Å². The molecule has 26 heavy (non-hydrogen) atoms. The molecule has 5 heteroatoms. The van der Waals surface area contributed by atoms with Crippen LogP contribution in [0.5, 0.6) is 0 Å². The molecular formula is C21H22N4O. The summed E-state index contributed by atoms with van der Waals surface area (Å²) < 4.78 is 2.22. The molecule has 1 amide bonds. The van der Waals surface area contributed by atoms with Gasteiger partial charge in [-0.1, -0.05) is 36.4 Å². The van der Waals surface area contributed by atoms with Crippen LogP contribution in [0.1, 0.15) is 35.1 Å². The van der Waals surface area contributed by atoms with Gasteiger partial charge in [-0.15, -0.1) is 0 Å². The van der Waals surface area contributed by atoms with Gasteiger partial charge < -0.3 is 9.47 Å². The molecule has 3 aromatic rings. The summed E-state index contributed by atoms with van der Waals surface area (Å²) in [6.45, 7) is 3.38. The lowest BCUT2D eigenvalue weighted by atomic mass is 10.0. The number of imidazole rings is 1. The molecule has 1 aliphatic heterocycles. The van der Waals surface area contributed by atoms with Gasteiger partial charge in [-0.25, -0.2) is 4.98 Å². The maximum atomic E-state index is 13.0. The molecule has 0 bridgehead atoms. The Bertz CT molecular complexity index is 889. The monoisotopic (exact) mass is 346 g/mol. The van der Waals surface area contributed by atoms with Crippen LogP contribution in [-0.4, -0.2) is 25.3 Å². The van der Waals surface area contributed by atoms with Gasteiger partial charge in [0.2, 0.25) is 5.91 Å². The lowest BCUT2D eigenvalue weighted by Gasteiger charge is -2.37. The fourth-order valence-corrected chi connectivity index (χ4v) is 3.58. The molecule has 0 saturated carbocycles. The van der Waals surface area contributed by atoms with Crippen molar-refractivity contribution in [2.24, 2.45) is 0 Å². The molecule has 1 aromatic carbocycles. The molecule has 0 unspecified atom stereocenters. The summed E-state index contributed by atoms with van der Waals surface area (Å²) in [6.07, 6.45) is 6.66. The first-order chi connectivity index (χ1) is 12.7. The second kappa shape index (κ2) is 7.12. The van der Waals surface area contributed by atoms with E-state index in [-0.39, 0.29) is 11.9 Å². The van der Waals surface area contributed by atoms with Crippen molar-refractivity contribution in [3.8, 4) is 0 Å². The van der Waals surface area contributed by atoms with Crippen LogP contribution in [-0.2, 0) is 24.3 Å². The van der Waals surface area contributed by atoms with E-state index < -0.39 is 0 Å². The zero-order valence-electron chi connectivity index (χ0n) is 14.9. The van der Waals surface area contributed by atoms with Crippen molar-refractivity contribution >= 4 is 5.91 Å². The number of aryl methyl sites for hydroxylation is 2. The number of hydrogen-bond acceptors (Lipinski definition) is 3. The SMILES string of the molecule is Cc1cnc2n1C[C@H](c1ccccc1)N(C(=O)CCc1cccnc1)C2. The van der Waals surface area contributed by atoms with E-state index in [0.717, 1.165) is 23.6 Å². The molecule has 3 heterocycles. The van der Waals surface area contributed by atoms with Crippen molar-refractivity contribution in [3.05, 3.63) is 83.7 Å². The minimum absolute atomic E-state index is 0.0398. The third kappa shape index (κ3) is 3.25. The first-order valence-corrected chi connectivity index (χ1v) is 8.96. The summed E-state index contributed by atoms with van der Waals surface area (Å²) in [5.41, 5.74) is 3.40. The number of rotatable bonds is 4. The van der Waals surface area contributed by atoms with Crippen LogP contribution in [0.2, 0.25) is 0 Å². The number of aromatic nitrogens is 3. The molecular weight excluding hydrogens is 324 g/mol. The van der Waals surface area contributed by atoms with E-state index >= 15 is 0 Å². The van der Waals surface area contributed by atoms with Gasteiger partial charge in [-0.3, -0.25) is 9.78 Å². The lowest BCUT2D eigenvalue weighted by molar-refractivity contribution is -0.135. The second-order valence-electron chi connectivity index (χ2n) is 6.74. The molecule has 4 rings (SSSR count). The number of amides is 1. The number of nitrogens with zero attached hydrogens (tertiary/aromatic N) is 4. The van der Waals surface area contributed by atoms with Gasteiger partial charge in [0, 0.05) is 37.3 Å². The Balaban J connectivity index is 1.58. The number of hydrogen-bond donors (Lipinski definition) is 0. The Labute approximate surface area is 153 Å². The Morgan fingerprint density at radius 1 is 1.15 bits per heavy atom. The van der Waals surface area contributed by atoms with Crippen LogP contribution in [0.15, 0.2) is 61.1 Å². The molecule has 0 fully saturated rings. The van der Waals surface area contributed by atoms with Crippen LogP contribution < -0.4 is 0 Å². The predicted molar refractivity (Wildman–Crippen MR) is 99.3 cm³/mol. The standard InChI is InChI=1S/C21H22N4O/c1-16-12-23-20-15-25(21(26)10-9-17-6-5-11-22-13-17)19(14-24(16)20)18-7-3-2-4-8-18/h2-8,11-13,19H,9-10,14-15H2,1H3/t19-/m1/s1. The number of carbonyl (C=O) groups is 1. The highest BCUT2D eigenvalue weighted by atomic mass is 16.2. The number of pyridine rings is 1. The van der Waals surface area contributed by atoms with E-state index in [0.29, 0.717) is 19.4 Å². The summed E-state index contributed by atoms with van der Waals surface area (Å²) in [7, 11) is 0. The first-order valence-electron chi connectivity index (χ1n) is 8.96. The average Bonchev–Trinajstić information content (AvgIpc) is 3.07. The van der Waals surface area contributed by atoms with Crippen molar-refractivity contribution in [2.75, 3.05) is 0 Å².